The van der Waals surface area contributed by atoms with Crippen molar-refractivity contribution in [1.82, 2.24) is 10.2 Å². The lowest BCUT2D eigenvalue weighted by molar-refractivity contribution is 0.241. The first-order valence-corrected chi connectivity index (χ1v) is 8.37. The third kappa shape index (κ3) is 5.27. The Hall–Kier alpha value is -0.0800. The smallest absolute Gasteiger partial charge is 0.0221 e. The molecule has 2 rings (SSSR count). The Morgan fingerprint density at radius 2 is 1.78 bits per heavy atom. The molecule has 2 fully saturated rings. The third-order valence-corrected chi connectivity index (χ3v) is 4.52. The van der Waals surface area contributed by atoms with E-state index in [1.807, 2.05) is 0 Å². The van der Waals surface area contributed by atoms with Gasteiger partial charge in [0.1, 0.15) is 0 Å². The molecule has 0 amide bonds. The second-order valence-corrected chi connectivity index (χ2v) is 6.28. The Morgan fingerprint density at radius 3 is 2.56 bits per heavy atom. The molecule has 2 nitrogen and oxygen atoms in total. The lowest BCUT2D eigenvalue weighted by Crippen LogP contribution is -2.39. The maximum Gasteiger partial charge on any atom is 0.0221 e. The number of nitrogens with one attached hydrogen (secondary N) is 1. The van der Waals surface area contributed by atoms with Crippen LogP contribution in [0.4, 0.5) is 0 Å². The van der Waals surface area contributed by atoms with Gasteiger partial charge in [0.05, 0.1) is 0 Å². The number of unbranched alkanes of at least 4 members (excludes halogenated alkanes) is 5. The lowest BCUT2D eigenvalue weighted by Gasteiger charge is -2.24. The molecular weight excluding hydrogens is 220 g/mol. The SMILES string of the molecule is CCCCCCCCN1CCCC1CNC1CC1. The minimum absolute atomic E-state index is 0.848. The van der Waals surface area contributed by atoms with E-state index in [0.717, 1.165) is 12.1 Å². The summed E-state index contributed by atoms with van der Waals surface area (Å²) < 4.78 is 0. The van der Waals surface area contributed by atoms with Crippen LogP contribution in [0.15, 0.2) is 0 Å². The normalized spacial score (nSPS) is 24.8. The number of hydrogen-bond acceptors (Lipinski definition) is 2. The Kier molecular flexibility index (Phi) is 6.50. The van der Waals surface area contributed by atoms with Gasteiger partial charge in [-0.2, -0.15) is 0 Å². The zero-order valence-electron chi connectivity index (χ0n) is 12.3. The number of hydrogen-bond donors (Lipinski definition) is 1. The summed E-state index contributed by atoms with van der Waals surface area (Å²) in [4.78, 5) is 2.75. The number of nitrogens with zero attached hydrogens (tertiary/aromatic N) is 1. The van der Waals surface area contributed by atoms with Gasteiger partial charge in [-0.05, 0) is 45.2 Å². The molecule has 18 heavy (non-hydrogen) atoms. The van der Waals surface area contributed by atoms with Crippen LogP contribution in [-0.4, -0.2) is 36.6 Å². The second-order valence-electron chi connectivity index (χ2n) is 6.28. The van der Waals surface area contributed by atoms with Gasteiger partial charge in [0.25, 0.3) is 0 Å². The van der Waals surface area contributed by atoms with Crippen molar-refractivity contribution in [1.29, 1.82) is 0 Å². The molecule has 1 saturated carbocycles. The van der Waals surface area contributed by atoms with Crippen molar-refractivity contribution in [2.75, 3.05) is 19.6 Å². The summed E-state index contributed by atoms with van der Waals surface area (Å²) in [5.74, 6) is 0. The minimum Gasteiger partial charge on any atom is -0.312 e. The van der Waals surface area contributed by atoms with E-state index < -0.39 is 0 Å². The van der Waals surface area contributed by atoms with Crippen LogP contribution in [0.3, 0.4) is 0 Å². The summed E-state index contributed by atoms with van der Waals surface area (Å²) >= 11 is 0. The summed E-state index contributed by atoms with van der Waals surface area (Å²) in [7, 11) is 0. The topological polar surface area (TPSA) is 15.3 Å². The number of rotatable bonds is 10. The molecule has 1 unspecified atom stereocenters. The van der Waals surface area contributed by atoms with E-state index in [0.29, 0.717) is 0 Å². The highest BCUT2D eigenvalue weighted by molar-refractivity contribution is 4.86. The van der Waals surface area contributed by atoms with Crippen molar-refractivity contribution in [3.05, 3.63) is 0 Å². The molecule has 0 bridgehead atoms. The summed E-state index contributed by atoms with van der Waals surface area (Å²) in [6.07, 6.45) is 14.2. The van der Waals surface area contributed by atoms with Gasteiger partial charge < -0.3 is 5.32 Å². The second kappa shape index (κ2) is 8.16. The van der Waals surface area contributed by atoms with Gasteiger partial charge in [-0.15, -0.1) is 0 Å². The molecule has 2 aliphatic rings. The van der Waals surface area contributed by atoms with Crippen molar-refractivity contribution in [3.63, 3.8) is 0 Å². The Bertz CT molecular complexity index is 213. The highest BCUT2D eigenvalue weighted by Gasteiger charge is 2.27. The fourth-order valence-electron chi connectivity index (χ4n) is 3.11. The van der Waals surface area contributed by atoms with Gasteiger partial charge in [0.2, 0.25) is 0 Å². The monoisotopic (exact) mass is 252 g/mol. The highest BCUT2D eigenvalue weighted by atomic mass is 15.2. The maximum absolute atomic E-state index is 3.71. The van der Waals surface area contributed by atoms with Crippen LogP contribution >= 0.6 is 0 Å². The molecular formula is C16H32N2. The maximum atomic E-state index is 3.71. The zero-order chi connectivity index (χ0) is 12.6. The van der Waals surface area contributed by atoms with E-state index in [1.54, 1.807) is 0 Å². The average Bonchev–Trinajstić information content (AvgIpc) is 3.11. The molecule has 106 valence electrons. The minimum atomic E-state index is 0.848. The van der Waals surface area contributed by atoms with Gasteiger partial charge in [0.15, 0.2) is 0 Å². The van der Waals surface area contributed by atoms with E-state index in [9.17, 15) is 0 Å². The molecule has 1 heterocycles. The Balaban J connectivity index is 1.50. The summed E-state index contributed by atoms with van der Waals surface area (Å²) in [6, 6.07) is 1.72. The van der Waals surface area contributed by atoms with E-state index in [4.69, 9.17) is 0 Å². The van der Waals surface area contributed by atoms with Gasteiger partial charge in [-0.3, -0.25) is 4.90 Å². The molecule has 0 aromatic carbocycles. The summed E-state index contributed by atoms with van der Waals surface area (Å²) in [6.45, 7) is 6.25. The first kappa shape index (κ1) is 14.3. The van der Waals surface area contributed by atoms with E-state index in [2.05, 4.69) is 17.1 Å². The van der Waals surface area contributed by atoms with Gasteiger partial charge >= 0.3 is 0 Å². The molecule has 0 spiro atoms. The van der Waals surface area contributed by atoms with Crippen LogP contribution in [0.2, 0.25) is 0 Å². The van der Waals surface area contributed by atoms with Crippen LogP contribution in [0.1, 0.15) is 71.1 Å². The van der Waals surface area contributed by atoms with Gasteiger partial charge in [-0.1, -0.05) is 39.0 Å². The summed E-state index contributed by atoms with van der Waals surface area (Å²) in [5, 5.41) is 3.71. The zero-order valence-corrected chi connectivity index (χ0v) is 12.3. The third-order valence-electron chi connectivity index (χ3n) is 4.52. The van der Waals surface area contributed by atoms with Crippen molar-refractivity contribution < 1.29 is 0 Å². The van der Waals surface area contributed by atoms with E-state index in [-0.39, 0.29) is 0 Å². The fourth-order valence-corrected chi connectivity index (χ4v) is 3.11. The van der Waals surface area contributed by atoms with Crippen LogP contribution in [0.5, 0.6) is 0 Å². The molecule has 1 aliphatic carbocycles. The van der Waals surface area contributed by atoms with Gasteiger partial charge in [0, 0.05) is 18.6 Å². The van der Waals surface area contributed by atoms with E-state index in [1.165, 1.54) is 83.8 Å². The predicted molar refractivity (Wildman–Crippen MR) is 79.0 cm³/mol. The molecule has 0 aromatic heterocycles. The van der Waals surface area contributed by atoms with E-state index >= 15 is 0 Å². The summed E-state index contributed by atoms with van der Waals surface area (Å²) in [5.41, 5.74) is 0. The van der Waals surface area contributed by atoms with Crippen molar-refractivity contribution in [2.45, 2.75) is 83.2 Å². The van der Waals surface area contributed by atoms with Crippen LogP contribution < -0.4 is 5.32 Å². The highest BCUT2D eigenvalue weighted by Crippen LogP contribution is 2.22. The first-order chi connectivity index (χ1) is 8.90. The van der Waals surface area contributed by atoms with Crippen LogP contribution in [0, 0.1) is 0 Å². The van der Waals surface area contributed by atoms with Gasteiger partial charge in [-0.25, -0.2) is 0 Å². The van der Waals surface area contributed by atoms with Crippen molar-refractivity contribution >= 4 is 0 Å². The average molecular weight is 252 g/mol. The van der Waals surface area contributed by atoms with Crippen LogP contribution in [0.25, 0.3) is 0 Å². The fraction of sp³-hybridized carbons (Fsp3) is 1.00. The van der Waals surface area contributed by atoms with Crippen LogP contribution in [-0.2, 0) is 0 Å². The predicted octanol–water partition coefficient (Wildman–Crippen LogP) is 3.56. The molecule has 1 saturated heterocycles. The van der Waals surface area contributed by atoms with Crippen molar-refractivity contribution in [3.8, 4) is 0 Å². The standard InChI is InChI=1S/C16H32N2/c1-2-3-4-5-6-7-12-18-13-8-9-16(18)14-17-15-10-11-15/h15-17H,2-14H2,1H3. The number of likely N-dealkylation sites (tertiary alicyclic amines) is 1. The largest absolute Gasteiger partial charge is 0.312 e. The molecule has 1 aliphatic heterocycles. The molecule has 0 radical (unpaired) electrons. The molecule has 2 heteroatoms. The molecule has 1 atom stereocenters. The Morgan fingerprint density at radius 1 is 1.00 bits per heavy atom. The quantitative estimate of drug-likeness (QED) is 0.598. The lowest BCUT2D eigenvalue weighted by atomic mass is 10.1. The van der Waals surface area contributed by atoms with Crippen molar-refractivity contribution in [2.24, 2.45) is 0 Å². The Labute approximate surface area is 114 Å². The first-order valence-electron chi connectivity index (χ1n) is 8.37. The molecule has 0 aromatic rings. The molecule has 1 N–H and O–H groups in total.